The largest absolute Gasteiger partial charge is 0.465 e. The number of nitrogens with zero attached hydrogens (tertiary/aromatic N) is 1. The molecule has 0 saturated carbocycles. The highest BCUT2D eigenvalue weighted by Gasteiger charge is 2.62. The predicted molar refractivity (Wildman–Crippen MR) is 71.6 cm³/mol. The number of ether oxygens (including phenoxy) is 2. The van der Waals surface area contributed by atoms with E-state index in [1.54, 1.807) is 24.3 Å². The lowest BCUT2D eigenvalue weighted by atomic mass is 9.81. The molecule has 2 heterocycles. The molecule has 1 saturated heterocycles. The van der Waals surface area contributed by atoms with Gasteiger partial charge in [-0.05, 0) is 12.5 Å². The van der Waals surface area contributed by atoms with Gasteiger partial charge in [-0.25, -0.2) is 9.59 Å². The average molecular weight is 289 g/mol. The average Bonchev–Trinajstić information content (AvgIpc) is 2.93. The lowest BCUT2D eigenvalue weighted by Gasteiger charge is -2.42. The first-order valence-electron chi connectivity index (χ1n) is 6.60. The molecule has 0 N–H and O–H groups in total. The zero-order valence-electron chi connectivity index (χ0n) is 11.7. The maximum Gasteiger partial charge on any atom is 0.339 e. The van der Waals surface area contributed by atoms with E-state index in [9.17, 15) is 9.59 Å². The first-order valence-corrected chi connectivity index (χ1v) is 6.60. The third-order valence-corrected chi connectivity index (χ3v) is 3.75. The molecule has 1 aromatic carbocycles. The Labute approximate surface area is 121 Å². The second kappa shape index (κ2) is 4.89. The smallest absolute Gasteiger partial charge is 0.339 e. The Kier molecular flexibility index (Phi) is 3.17. The topological polar surface area (TPSA) is 65.1 Å². The van der Waals surface area contributed by atoms with Gasteiger partial charge in [-0.15, -0.1) is 5.06 Å². The zero-order chi connectivity index (χ0) is 15.0. The number of hydroxylamine groups is 2. The Bertz CT molecular complexity index is 612. The lowest BCUT2D eigenvalue weighted by Crippen LogP contribution is -2.60. The number of hydrogen-bond acceptors (Lipinski definition) is 6. The van der Waals surface area contributed by atoms with Crippen LogP contribution in [0.4, 0.5) is 0 Å². The highest BCUT2D eigenvalue weighted by Crippen LogP contribution is 2.45. The van der Waals surface area contributed by atoms with Crippen LogP contribution in [-0.4, -0.2) is 36.8 Å². The third kappa shape index (κ3) is 1.76. The van der Waals surface area contributed by atoms with Crippen molar-refractivity contribution in [2.75, 3.05) is 13.7 Å². The van der Waals surface area contributed by atoms with Crippen LogP contribution in [0.15, 0.2) is 42.2 Å². The molecule has 0 unspecified atom stereocenters. The van der Waals surface area contributed by atoms with Gasteiger partial charge in [0.05, 0.1) is 13.2 Å². The fraction of sp³-hybridized carbons (Fsp3) is 0.333. The number of morpholine rings is 1. The van der Waals surface area contributed by atoms with E-state index in [0.29, 0.717) is 5.56 Å². The van der Waals surface area contributed by atoms with Crippen LogP contribution < -0.4 is 0 Å². The van der Waals surface area contributed by atoms with E-state index < -0.39 is 17.5 Å². The van der Waals surface area contributed by atoms with Crippen molar-refractivity contribution in [1.29, 1.82) is 0 Å². The van der Waals surface area contributed by atoms with Crippen LogP contribution in [0.5, 0.6) is 0 Å². The molecule has 0 aromatic heterocycles. The molecule has 0 bridgehead atoms. The van der Waals surface area contributed by atoms with Crippen molar-refractivity contribution in [3.8, 4) is 0 Å². The summed E-state index contributed by atoms with van der Waals surface area (Å²) in [6.45, 7) is 2.06. The van der Waals surface area contributed by atoms with Crippen molar-refractivity contribution < 1.29 is 23.9 Å². The van der Waals surface area contributed by atoms with Crippen LogP contribution in [0.1, 0.15) is 12.5 Å². The number of benzene rings is 1. The van der Waals surface area contributed by atoms with Gasteiger partial charge >= 0.3 is 11.9 Å². The number of fused-ring (bicyclic) bond motifs is 1. The molecule has 0 aliphatic carbocycles. The number of esters is 2. The van der Waals surface area contributed by atoms with E-state index in [1.165, 1.54) is 18.4 Å². The molecule has 110 valence electrons. The summed E-state index contributed by atoms with van der Waals surface area (Å²) in [5.74, 6) is -1.16. The number of rotatable bonds is 2. The maximum atomic E-state index is 12.6. The molecule has 6 nitrogen and oxygen atoms in total. The standard InChI is InChI=1S/C15H15NO5/c1-10-8-20-14(18)15(11-6-4-3-5-7-11)12(13(17)19-2)9-21-16(10)15/h3-7,9-10H,8H2,1-2H3/t10-,15+/m0/s1. The van der Waals surface area contributed by atoms with Crippen molar-refractivity contribution >= 4 is 11.9 Å². The summed E-state index contributed by atoms with van der Waals surface area (Å²) in [5, 5.41) is 1.50. The van der Waals surface area contributed by atoms with E-state index in [2.05, 4.69) is 0 Å². The summed E-state index contributed by atoms with van der Waals surface area (Å²) in [6, 6.07) is 8.75. The Balaban J connectivity index is 2.21. The van der Waals surface area contributed by atoms with Crippen molar-refractivity contribution in [2.45, 2.75) is 18.5 Å². The molecule has 2 aliphatic heterocycles. The van der Waals surface area contributed by atoms with Crippen molar-refractivity contribution in [3.05, 3.63) is 47.7 Å². The second-order valence-electron chi connectivity index (χ2n) is 4.98. The molecule has 2 atom stereocenters. The minimum absolute atomic E-state index is 0.118. The molecule has 0 radical (unpaired) electrons. The number of hydrogen-bond donors (Lipinski definition) is 0. The van der Waals surface area contributed by atoms with Crippen molar-refractivity contribution in [2.24, 2.45) is 0 Å². The first kappa shape index (κ1) is 13.6. The lowest BCUT2D eigenvalue weighted by molar-refractivity contribution is -0.228. The number of methoxy groups -OCH3 is 1. The van der Waals surface area contributed by atoms with E-state index in [4.69, 9.17) is 14.3 Å². The summed E-state index contributed by atoms with van der Waals surface area (Å²) >= 11 is 0. The molecule has 0 amide bonds. The number of carbonyl (C=O) groups excluding carboxylic acids is 2. The molecule has 0 spiro atoms. The Hall–Kier alpha value is -2.34. The molecular weight excluding hydrogens is 274 g/mol. The van der Waals surface area contributed by atoms with Gasteiger partial charge in [0.2, 0.25) is 5.54 Å². The van der Waals surface area contributed by atoms with Gasteiger partial charge in [-0.1, -0.05) is 30.3 Å². The quantitative estimate of drug-likeness (QED) is 0.761. The fourth-order valence-corrected chi connectivity index (χ4v) is 2.78. The van der Waals surface area contributed by atoms with Gasteiger partial charge < -0.3 is 14.3 Å². The van der Waals surface area contributed by atoms with Crippen LogP contribution in [0.3, 0.4) is 0 Å². The predicted octanol–water partition coefficient (Wildman–Crippen LogP) is 1.13. The number of cyclic esters (lactones) is 1. The molecule has 21 heavy (non-hydrogen) atoms. The second-order valence-corrected chi connectivity index (χ2v) is 4.98. The number of carbonyl (C=O) groups is 2. The molecule has 3 rings (SSSR count). The minimum Gasteiger partial charge on any atom is -0.465 e. The van der Waals surface area contributed by atoms with E-state index in [-0.39, 0.29) is 18.2 Å². The maximum absolute atomic E-state index is 12.6. The molecule has 1 fully saturated rings. The van der Waals surface area contributed by atoms with Gasteiger partial charge in [0, 0.05) is 0 Å². The Morgan fingerprint density at radius 2 is 2.10 bits per heavy atom. The van der Waals surface area contributed by atoms with Crippen molar-refractivity contribution in [1.82, 2.24) is 5.06 Å². The van der Waals surface area contributed by atoms with Crippen molar-refractivity contribution in [3.63, 3.8) is 0 Å². The van der Waals surface area contributed by atoms with Crippen LogP contribution >= 0.6 is 0 Å². The zero-order valence-corrected chi connectivity index (χ0v) is 11.7. The van der Waals surface area contributed by atoms with Gasteiger partial charge in [-0.2, -0.15) is 0 Å². The van der Waals surface area contributed by atoms with Gasteiger partial charge in [0.25, 0.3) is 0 Å². The van der Waals surface area contributed by atoms with Gasteiger partial charge in [0.15, 0.2) is 0 Å². The van der Waals surface area contributed by atoms with Gasteiger partial charge in [0.1, 0.15) is 18.4 Å². The van der Waals surface area contributed by atoms with E-state index in [1.807, 2.05) is 13.0 Å². The summed E-state index contributed by atoms with van der Waals surface area (Å²) in [4.78, 5) is 30.2. The first-order chi connectivity index (χ1) is 10.1. The van der Waals surface area contributed by atoms with E-state index in [0.717, 1.165) is 0 Å². The summed E-state index contributed by atoms with van der Waals surface area (Å²) < 4.78 is 10.1. The third-order valence-electron chi connectivity index (χ3n) is 3.75. The highest BCUT2D eigenvalue weighted by atomic mass is 16.7. The molecule has 2 aliphatic rings. The van der Waals surface area contributed by atoms with Crippen LogP contribution in [-0.2, 0) is 29.4 Å². The molecule has 1 aromatic rings. The Morgan fingerprint density at radius 1 is 1.38 bits per heavy atom. The summed E-state index contributed by atoms with van der Waals surface area (Å²) in [7, 11) is 1.27. The Morgan fingerprint density at radius 3 is 2.76 bits per heavy atom. The monoisotopic (exact) mass is 289 g/mol. The molecular formula is C15H15NO5. The SMILES string of the molecule is COC(=O)C1=CON2[C@@H](C)COC(=O)[C@@]12c1ccccc1. The van der Waals surface area contributed by atoms with Crippen LogP contribution in [0.25, 0.3) is 0 Å². The van der Waals surface area contributed by atoms with Gasteiger partial charge in [-0.3, -0.25) is 0 Å². The van der Waals surface area contributed by atoms with E-state index >= 15 is 0 Å². The summed E-state index contributed by atoms with van der Waals surface area (Å²) in [5.41, 5.74) is -0.685. The summed E-state index contributed by atoms with van der Waals surface area (Å²) in [6.07, 6.45) is 1.27. The van der Waals surface area contributed by atoms with Crippen LogP contribution in [0.2, 0.25) is 0 Å². The minimum atomic E-state index is -1.41. The van der Waals surface area contributed by atoms with Crippen LogP contribution in [0, 0.1) is 0 Å². The fourth-order valence-electron chi connectivity index (χ4n) is 2.78. The molecule has 6 heteroatoms. The highest BCUT2D eigenvalue weighted by molar-refractivity contribution is 6.02. The normalized spacial score (nSPS) is 28.2.